The predicted molar refractivity (Wildman–Crippen MR) is 90.3 cm³/mol. The lowest BCUT2D eigenvalue weighted by Gasteiger charge is -2.12. The molecule has 9 heteroatoms. The number of rotatable bonds is 4. The number of fused-ring (bicyclic) bond motifs is 1. The maximum absolute atomic E-state index is 12.6. The van der Waals surface area contributed by atoms with E-state index in [0.29, 0.717) is 16.3 Å². The minimum atomic E-state index is -3.92. The number of hydrogen-bond donors (Lipinski definition) is 1. The third-order valence-electron chi connectivity index (χ3n) is 3.48. The Balaban J connectivity index is 2.05. The molecular weight excluding hydrogens is 356 g/mol. The van der Waals surface area contributed by atoms with Gasteiger partial charge in [-0.15, -0.1) is 0 Å². The Morgan fingerprint density at radius 2 is 1.96 bits per heavy atom. The van der Waals surface area contributed by atoms with Crippen molar-refractivity contribution in [2.24, 2.45) is 7.05 Å². The number of nitrogens with zero attached hydrogens (tertiary/aromatic N) is 1. The van der Waals surface area contributed by atoms with Crippen LogP contribution in [0.15, 0.2) is 50.5 Å². The van der Waals surface area contributed by atoms with Crippen LogP contribution in [0.3, 0.4) is 0 Å². The quantitative estimate of drug-likeness (QED) is 0.764. The highest BCUT2D eigenvalue weighted by Gasteiger charge is 2.19. The van der Waals surface area contributed by atoms with E-state index in [1.165, 1.54) is 43.0 Å². The van der Waals surface area contributed by atoms with Gasteiger partial charge in [0.2, 0.25) is 0 Å². The van der Waals surface area contributed by atoms with E-state index in [9.17, 15) is 13.2 Å². The van der Waals surface area contributed by atoms with E-state index in [1.54, 1.807) is 12.1 Å². The fraction of sp³-hybridized carbons (Fsp3) is 0.133. The summed E-state index contributed by atoms with van der Waals surface area (Å²) in [5.74, 6) is -0.237. The zero-order valence-electron chi connectivity index (χ0n) is 12.7. The first-order valence-corrected chi connectivity index (χ1v) is 8.64. The third-order valence-corrected chi connectivity index (χ3v) is 5.08. The standard InChI is InChI=1S/C15H13ClN2O5S/c1-18-12-5-4-10(8-14(12)23-15(18)19)24(20,21)17-11-7-9(16)3-6-13(11)22-2/h3-8,17H,1-2H3. The summed E-state index contributed by atoms with van der Waals surface area (Å²) in [6.07, 6.45) is 0. The third kappa shape index (κ3) is 2.85. The maximum Gasteiger partial charge on any atom is 0.419 e. The molecule has 126 valence electrons. The van der Waals surface area contributed by atoms with Crippen molar-refractivity contribution in [3.05, 3.63) is 52.0 Å². The average molecular weight is 369 g/mol. The van der Waals surface area contributed by atoms with E-state index < -0.39 is 15.8 Å². The normalized spacial score (nSPS) is 11.6. The largest absolute Gasteiger partial charge is 0.495 e. The van der Waals surface area contributed by atoms with E-state index in [0.717, 1.165) is 0 Å². The lowest BCUT2D eigenvalue weighted by molar-refractivity contribution is 0.417. The van der Waals surface area contributed by atoms with Crippen LogP contribution in [0.2, 0.25) is 5.02 Å². The number of nitrogens with one attached hydrogen (secondary N) is 1. The second kappa shape index (κ2) is 5.88. The Morgan fingerprint density at radius 3 is 2.67 bits per heavy atom. The molecule has 0 atom stereocenters. The number of oxazole rings is 1. The van der Waals surface area contributed by atoms with Gasteiger partial charge < -0.3 is 9.15 Å². The molecule has 24 heavy (non-hydrogen) atoms. The minimum absolute atomic E-state index is 0.0496. The van der Waals surface area contributed by atoms with Crippen molar-refractivity contribution in [2.45, 2.75) is 4.90 Å². The van der Waals surface area contributed by atoms with Gasteiger partial charge in [-0.3, -0.25) is 9.29 Å². The average Bonchev–Trinajstić information content (AvgIpc) is 2.81. The molecule has 0 fully saturated rings. The molecule has 0 bridgehead atoms. The summed E-state index contributed by atoms with van der Waals surface area (Å²) in [6.45, 7) is 0. The Bertz CT molecular complexity index is 1080. The number of methoxy groups -OCH3 is 1. The number of ether oxygens (including phenoxy) is 1. The van der Waals surface area contributed by atoms with Crippen LogP contribution in [0.1, 0.15) is 0 Å². The van der Waals surface area contributed by atoms with Gasteiger partial charge in [0.25, 0.3) is 10.0 Å². The first kappa shape index (κ1) is 16.4. The predicted octanol–water partition coefficient (Wildman–Crippen LogP) is 2.59. The Kier molecular flexibility index (Phi) is 4.02. The van der Waals surface area contributed by atoms with E-state index in [1.807, 2.05) is 0 Å². The first-order chi connectivity index (χ1) is 11.3. The molecule has 0 amide bonds. The number of hydrogen-bond acceptors (Lipinski definition) is 5. The molecule has 0 radical (unpaired) electrons. The molecule has 0 spiro atoms. The topological polar surface area (TPSA) is 90.5 Å². The van der Waals surface area contributed by atoms with Crippen LogP contribution in [-0.2, 0) is 17.1 Å². The summed E-state index contributed by atoms with van der Waals surface area (Å²) < 4.78 is 39.0. The SMILES string of the molecule is COc1ccc(Cl)cc1NS(=O)(=O)c1ccc2c(c1)oc(=O)n2C. The highest BCUT2D eigenvalue weighted by molar-refractivity contribution is 7.92. The number of sulfonamides is 1. The summed E-state index contributed by atoms with van der Waals surface area (Å²) in [6, 6.07) is 8.76. The number of halogens is 1. The zero-order valence-corrected chi connectivity index (χ0v) is 14.3. The van der Waals surface area contributed by atoms with Crippen LogP contribution in [0, 0.1) is 0 Å². The van der Waals surface area contributed by atoms with E-state index in [-0.39, 0.29) is 16.2 Å². The van der Waals surface area contributed by atoms with Crippen LogP contribution in [0.4, 0.5) is 5.69 Å². The second-order valence-electron chi connectivity index (χ2n) is 5.01. The molecule has 0 unspecified atom stereocenters. The molecule has 1 heterocycles. The van der Waals surface area contributed by atoms with Crippen molar-refractivity contribution in [1.82, 2.24) is 4.57 Å². The van der Waals surface area contributed by atoms with Crippen LogP contribution in [-0.4, -0.2) is 20.1 Å². The second-order valence-corrected chi connectivity index (χ2v) is 7.13. The van der Waals surface area contributed by atoms with Crippen molar-refractivity contribution >= 4 is 38.4 Å². The molecule has 2 aromatic carbocycles. The maximum atomic E-state index is 12.6. The van der Waals surface area contributed by atoms with Gasteiger partial charge >= 0.3 is 5.76 Å². The van der Waals surface area contributed by atoms with Crippen molar-refractivity contribution in [2.75, 3.05) is 11.8 Å². The van der Waals surface area contributed by atoms with Gasteiger partial charge in [-0.2, -0.15) is 0 Å². The molecule has 0 saturated heterocycles. The molecule has 1 aromatic heterocycles. The molecular formula is C15H13ClN2O5S. The lowest BCUT2D eigenvalue weighted by Crippen LogP contribution is -2.13. The molecule has 3 aromatic rings. The van der Waals surface area contributed by atoms with E-state index in [4.69, 9.17) is 20.8 Å². The first-order valence-electron chi connectivity index (χ1n) is 6.78. The highest BCUT2D eigenvalue weighted by Crippen LogP contribution is 2.30. The fourth-order valence-electron chi connectivity index (χ4n) is 2.24. The molecule has 1 N–H and O–H groups in total. The van der Waals surface area contributed by atoms with Crippen LogP contribution in [0.5, 0.6) is 5.75 Å². The molecule has 0 aliphatic heterocycles. The Labute approximate surface area is 142 Å². The van der Waals surface area contributed by atoms with Crippen molar-refractivity contribution < 1.29 is 17.6 Å². The van der Waals surface area contributed by atoms with Gasteiger partial charge in [-0.25, -0.2) is 13.2 Å². The van der Waals surface area contributed by atoms with Crippen LogP contribution >= 0.6 is 11.6 Å². The smallest absolute Gasteiger partial charge is 0.419 e. The van der Waals surface area contributed by atoms with Crippen molar-refractivity contribution in [3.63, 3.8) is 0 Å². The Hall–Kier alpha value is -2.45. The van der Waals surface area contributed by atoms with Gasteiger partial charge in [-0.1, -0.05) is 11.6 Å². The molecule has 0 aliphatic rings. The highest BCUT2D eigenvalue weighted by atomic mass is 35.5. The zero-order chi connectivity index (χ0) is 17.5. The van der Waals surface area contributed by atoms with Crippen molar-refractivity contribution in [1.29, 1.82) is 0 Å². The number of aromatic nitrogens is 1. The fourth-order valence-corrected chi connectivity index (χ4v) is 3.49. The summed E-state index contributed by atoms with van der Waals surface area (Å²) in [5.41, 5.74) is 0.891. The summed E-state index contributed by atoms with van der Waals surface area (Å²) in [4.78, 5) is 11.5. The number of benzene rings is 2. The summed E-state index contributed by atoms with van der Waals surface area (Å²) in [5, 5.41) is 0.359. The van der Waals surface area contributed by atoms with Crippen LogP contribution in [0.25, 0.3) is 11.1 Å². The van der Waals surface area contributed by atoms with Gasteiger partial charge in [-0.05, 0) is 30.3 Å². The Morgan fingerprint density at radius 1 is 1.21 bits per heavy atom. The monoisotopic (exact) mass is 368 g/mol. The molecule has 0 saturated carbocycles. The van der Waals surface area contributed by atoms with Gasteiger partial charge in [0.15, 0.2) is 5.58 Å². The van der Waals surface area contributed by atoms with Gasteiger partial charge in [0.1, 0.15) is 5.75 Å². The van der Waals surface area contributed by atoms with Crippen LogP contribution < -0.4 is 15.2 Å². The van der Waals surface area contributed by atoms with E-state index >= 15 is 0 Å². The van der Waals surface area contributed by atoms with E-state index in [2.05, 4.69) is 4.72 Å². The molecule has 3 rings (SSSR count). The minimum Gasteiger partial charge on any atom is -0.495 e. The summed E-state index contributed by atoms with van der Waals surface area (Å²) in [7, 11) is -0.956. The number of aryl methyl sites for hydroxylation is 1. The lowest BCUT2D eigenvalue weighted by atomic mass is 10.3. The van der Waals surface area contributed by atoms with Gasteiger partial charge in [0.05, 0.1) is 23.2 Å². The molecule has 0 aliphatic carbocycles. The molecule has 7 nitrogen and oxygen atoms in total. The van der Waals surface area contributed by atoms with Crippen molar-refractivity contribution in [3.8, 4) is 5.75 Å². The summed E-state index contributed by atoms with van der Waals surface area (Å²) >= 11 is 5.90. The number of anilines is 1. The van der Waals surface area contributed by atoms with Gasteiger partial charge in [0, 0.05) is 18.1 Å².